The van der Waals surface area contributed by atoms with Gasteiger partial charge in [0.1, 0.15) is 0 Å². The lowest BCUT2D eigenvalue weighted by Gasteiger charge is -2.23. The lowest BCUT2D eigenvalue weighted by atomic mass is 10.1. The predicted octanol–water partition coefficient (Wildman–Crippen LogP) is 3.30. The third kappa shape index (κ3) is 2.77. The molecule has 0 radical (unpaired) electrons. The van der Waals surface area contributed by atoms with Crippen LogP contribution in [0.2, 0.25) is 0 Å². The molecule has 6 heteroatoms. The van der Waals surface area contributed by atoms with Crippen molar-refractivity contribution in [3.63, 3.8) is 0 Å². The van der Waals surface area contributed by atoms with Gasteiger partial charge in [0.05, 0.1) is 11.3 Å². The number of amidine groups is 1. The van der Waals surface area contributed by atoms with Gasteiger partial charge in [-0.2, -0.15) is 0 Å². The first kappa shape index (κ1) is 15.4. The summed E-state index contributed by atoms with van der Waals surface area (Å²) in [6, 6.07) is 13.1. The quantitative estimate of drug-likeness (QED) is 0.392. The molecule has 0 saturated heterocycles. The summed E-state index contributed by atoms with van der Waals surface area (Å²) < 4.78 is 0. The van der Waals surface area contributed by atoms with E-state index in [9.17, 15) is 4.79 Å². The molecule has 0 atom stereocenters. The summed E-state index contributed by atoms with van der Waals surface area (Å²) in [5.74, 6) is 0.00816. The minimum atomic E-state index is -0.0228. The lowest BCUT2D eigenvalue weighted by Crippen LogP contribution is -2.31. The Kier molecular flexibility index (Phi) is 4.25. The molecule has 0 saturated carbocycles. The number of hydrogen-bond acceptors (Lipinski definition) is 4. The number of rotatable bonds is 3. The van der Waals surface area contributed by atoms with Crippen molar-refractivity contribution in [1.29, 1.82) is 0 Å². The van der Waals surface area contributed by atoms with E-state index in [-0.39, 0.29) is 11.7 Å². The zero-order valence-corrected chi connectivity index (χ0v) is 13.5. The molecule has 0 fully saturated rings. The Hall–Kier alpha value is -2.47. The van der Waals surface area contributed by atoms with E-state index in [4.69, 9.17) is 10.9 Å². The topological polar surface area (TPSA) is 78.9 Å². The molecule has 1 aliphatic heterocycles. The molecule has 0 bridgehead atoms. The molecule has 1 heterocycles. The van der Waals surface area contributed by atoms with Crippen molar-refractivity contribution in [3.8, 4) is 0 Å². The summed E-state index contributed by atoms with van der Waals surface area (Å²) in [7, 11) is 0. The summed E-state index contributed by atoms with van der Waals surface area (Å²) in [6.07, 6.45) is 0.839. The highest BCUT2D eigenvalue weighted by Gasteiger charge is 2.27. The van der Waals surface area contributed by atoms with Crippen LogP contribution in [0.25, 0.3) is 0 Å². The predicted molar refractivity (Wildman–Crippen MR) is 91.5 cm³/mol. The Morgan fingerprint density at radius 1 is 1.26 bits per heavy atom. The molecule has 2 aromatic rings. The molecule has 2 aromatic carbocycles. The van der Waals surface area contributed by atoms with Crippen LogP contribution in [0.4, 0.5) is 5.69 Å². The van der Waals surface area contributed by atoms with Gasteiger partial charge < -0.3 is 15.8 Å². The first-order chi connectivity index (χ1) is 11.2. The zero-order chi connectivity index (χ0) is 16.4. The lowest BCUT2D eigenvalue weighted by molar-refractivity contribution is 0.0984. The fraction of sp³-hybridized carbons (Fsp3) is 0.176. The van der Waals surface area contributed by atoms with Crippen LogP contribution < -0.4 is 10.6 Å². The highest BCUT2D eigenvalue weighted by Crippen LogP contribution is 2.41. The highest BCUT2D eigenvalue weighted by molar-refractivity contribution is 7.99. The molecule has 0 aromatic heterocycles. The van der Waals surface area contributed by atoms with Gasteiger partial charge >= 0.3 is 0 Å². The first-order valence-electron chi connectivity index (χ1n) is 7.36. The molecule has 118 valence electrons. The number of nitrogens with zero attached hydrogens (tertiary/aromatic N) is 2. The monoisotopic (exact) mass is 327 g/mol. The molecule has 1 amide bonds. The number of oxime groups is 1. The SMILES string of the molecule is CCCN1C(=O)c2ccccc2Sc2ccc(/C(N)=N\O)cc21. The number of hydrogen-bond donors (Lipinski definition) is 2. The standard InChI is InChI=1S/C17H17N3O2S/c1-2-9-20-13-10-11(16(18)19-22)7-8-15(13)23-14-6-4-3-5-12(14)17(20)21/h3-8,10,22H,2,9H2,1H3,(H2,18,19). The molecule has 3 rings (SSSR count). The number of carbonyl (C=O) groups is 1. The van der Waals surface area contributed by atoms with E-state index in [1.807, 2.05) is 37.3 Å². The van der Waals surface area contributed by atoms with Gasteiger partial charge in [-0.3, -0.25) is 4.79 Å². The van der Waals surface area contributed by atoms with Crippen LogP contribution in [0.15, 0.2) is 57.4 Å². The number of amides is 1. The van der Waals surface area contributed by atoms with Crippen molar-refractivity contribution >= 4 is 29.2 Å². The Morgan fingerprint density at radius 2 is 2.04 bits per heavy atom. The summed E-state index contributed by atoms with van der Waals surface area (Å²) >= 11 is 1.56. The van der Waals surface area contributed by atoms with E-state index in [0.29, 0.717) is 17.7 Å². The van der Waals surface area contributed by atoms with E-state index in [2.05, 4.69) is 5.16 Å². The molecule has 0 aliphatic carbocycles. The molecular weight excluding hydrogens is 310 g/mol. The van der Waals surface area contributed by atoms with Crippen molar-refractivity contribution < 1.29 is 10.0 Å². The van der Waals surface area contributed by atoms with Crippen molar-refractivity contribution in [1.82, 2.24) is 0 Å². The van der Waals surface area contributed by atoms with E-state index >= 15 is 0 Å². The summed E-state index contributed by atoms with van der Waals surface area (Å²) in [6.45, 7) is 2.64. The highest BCUT2D eigenvalue weighted by atomic mass is 32.2. The maximum Gasteiger partial charge on any atom is 0.259 e. The van der Waals surface area contributed by atoms with E-state index in [0.717, 1.165) is 21.9 Å². The molecule has 0 spiro atoms. The van der Waals surface area contributed by atoms with Crippen LogP contribution >= 0.6 is 11.8 Å². The summed E-state index contributed by atoms with van der Waals surface area (Å²) in [4.78, 5) is 16.6. The van der Waals surface area contributed by atoms with Crippen LogP contribution in [0.3, 0.4) is 0 Å². The maximum absolute atomic E-state index is 12.9. The fourth-order valence-corrected chi connectivity index (χ4v) is 3.64. The number of anilines is 1. The Labute approximate surface area is 138 Å². The van der Waals surface area contributed by atoms with E-state index in [1.54, 1.807) is 28.8 Å². The van der Waals surface area contributed by atoms with Gasteiger partial charge in [-0.15, -0.1) is 0 Å². The van der Waals surface area contributed by atoms with Gasteiger partial charge in [-0.05, 0) is 36.8 Å². The average Bonchev–Trinajstić information content (AvgIpc) is 2.70. The third-order valence-corrected chi connectivity index (χ3v) is 4.82. The molecular formula is C17H17N3O2S. The van der Waals surface area contributed by atoms with Gasteiger partial charge in [-0.25, -0.2) is 0 Å². The summed E-state index contributed by atoms with van der Waals surface area (Å²) in [5, 5.41) is 11.9. The second kappa shape index (κ2) is 6.34. The smallest absolute Gasteiger partial charge is 0.259 e. The van der Waals surface area contributed by atoms with Crippen LogP contribution in [-0.4, -0.2) is 23.5 Å². The van der Waals surface area contributed by atoms with Crippen molar-refractivity contribution in [3.05, 3.63) is 53.6 Å². The van der Waals surface area contributed by atoms with Gasteiger partial charge in [0.2, 0.25) is 0 Å². The first-order valence-corrected chi connectivity index (χ1v) is 8.18. The van der Waals surface area contributed by atoms with Gasteiger partial charge in [0.15, 0.2) is 5.84 Å². The molecule has 0 unspecified atom stereocenters. The van der Waals surface area contributed by atoms with Crippen LogP contribution in [0.1, 0.15) is 29.3 Å². The normalized spacial score (nSPS) is 14.2. The molecule has 3 N–H and O–H groups in total. The van der Waals surface area contributed by atoms with Crippen molar-refractivity contribution in [2.24, 2.45) is 10.9 Å². The van der Waals surface area contributed by atoms with Crippen LogP contribution in [-0.2, 0) is 0 Å². The van der Waals surface area contributed by atoms with Gasteiger partial charge in [-0.1, -0.05) is 36.0 Å². The summed E-state index contributed by atoms with van der Waals surface area (Å²) in [5.41, 5.74) is 7.78. The number of carbonyl (C=O) groups excluding carboxylic acids is 1. The minimum absolute atomic E-state index is 0.0228. The molecule has 5 nitrogen and oxygen atoms in total. The van der Waals surface area contributed by atoms with Gasteiger partial charge in [0, 0.05) is 21.9 Å². The number of fused-ring (bicyclic) bond motifs is 2. The van der Waals surface area contributed by atoms with E-state index in [1.165, 1.54) is 0 Å². The van der Waals surface area contributed by atoms with Crippen LogP contribution in [0.5, 0.6) is 0 Å². The van der Waals surface area contributed by atoms with Crippen molar-refractivity contribution in [2.45, 2.75) is 23.1 Å². The zero-order valence-electron chi connectivity index (χ0n) is 12.7. The second-order valence-corrected chi connectivity index (χ2v) is 6.31. The van der Waals surface area contributed by atoms with Gasteiger partial charge in [0.25, 0.3) is 5.91 Å². The molecule has 23 heavy (non-hydrogen) atoms. The average molecular weight is 327 g/mol. The molecule has 1 aliphatic rings. The number of benzene rings is 2. The Bertz CT molecular complexity index is 789. The Morgan fingerprint density at radius 3 is 2.78 bits per heavy atom. The van der Waals surface area contributed by atoms with Crippen LogP contribution in [0, 0.1) is 0 Å². The minimum Gasteiger partial charge on any atom is -0.409 e. The van der Waals surface area contributed by atoms with Crippen molar-refractivity contribution in [2.75, 3.05) is 11.4 Å². The third-order valence-electron chi connectivity index (χ3n) is 3.68. The Balaban J connectivity index is 2.18. The van der Waals surface area contributed by atoms with E-state index < -0.39 is 0 Å². The second-order valence-electron chi connectivity index (χ2n) is 5.22. The largest absolute Gasteiger partial charge is 0.409 e. The number of nitrogens with two attached hydrogens (primary N) is 1. The fourth-order valence-electron chi connectivity index (χ4n) is 2.58. The maximum atomic E-state index is 12.9.